The molecule has 0 heterocycles. The Morgan fingerprint density at radius 2 is 2.19 bits per heavy atom. The maximum absolute atomic E-state index is 10.8. The maximum Gasteiger partial charge on any atom is 0.335 e. The second-order valence-corrected chi connectivity index (χ2v) is 4.21. The van der Waals surface area contributed by atoms with Crippen molar-refractivity contribution in [1.29, 1.82) is 0 Å². The number of halogens is 1. The Hall–Kier alpha value is -1.06. The first-order valence-corrected chi connectivity index (χ1v) is 5.16. The van der Waals surface area contributed by atoms with Gasteiger partial charge in [0.25, 0.3) is 0 Å². The average molecular weight is 242 g/mol. The van der Waals surface area contributed by atoms with Gasteiger partial charge in [0.1, 0.15) is 0 Å². The van der Waals surface area contributed by atoms with Gasteiger partial charge in [0, 0.05) is 5.54 Å². The quantitative estimate of drug-likeness (QED) is 0.849. The highest BCUT2D eigenvalue weighted by Gasteiger charge is 2.40. The van der Waals surface area contributed by atoms with Crippen molar-refractivity contribution >= 4 is 18.4 Å². The van der Waals surface area contributed by atoms with Crippen LogP contribution in [0.1, 0.15) is 28.8 Å². The molecule has 2 N–H and O–H groups in total. The molecule has 0 aliphatic heterocycles. The molecule has 1 aliphatic rings. The summed E-state index contributed by atoms with van der Waals surface area (Å²) < 4.78 is 0. The number of benzene rings is 1. The molecule has 0 bridgehead atoms. The number of nitrogens with one attached hydrogen (secondary N) is 1. The number of carbonyl (C=O) groups is 1. The molecule has 0 saturated heterocycles. The van der Waals surface area contributed by atoms with Gasteiger partial charge >= 0.3 is 5.97 Å². The van der Waals surface area contributed by atoms with Gasteiger partial charge in [0.2, 0.25) is 0 Å². The number of aromatic carboxylic acids is 1. The Morgan fingerprint density at radius 1 is 1.50 bits per heavy atom. The van der Waals surface area contributed by atoms with E-state index in [1.165, 1.54) is 12.8 Å². The molecular formula is C12H16ClNO2. The zero-order valence-electron chi connectivity index (χ0n) is 9.19. The molecule has 3 nitrogen and oxygen atoms in total. The third-order valence-electron chi connectivity index (χ3n) is 3.10. The topological polar surface area (TPSA) is 49.3 Å². The average Bonchev–Trinajstić information content (AvgIpc) is 2.99. The largest absolute Gasteiger partial charge is 0.478 e. The smallest absolute Gasteiger partial charge is 0.335 e. The fourth-order valence-electron chi connectivity index (χ4n) is 1.87. The fraction of sp³-hybridized carbons (Fsp3) is 0.417. The van der Waals surface area contributed by atoms with E-state index in [2.05, 4.69) is 5.32 Å². The number of carboxylic acids is 1. The minimum absolute atomic E-state index is 0. The van der Waals surface area contributed by atoms with Gasteiger partial charge in [-0.3, -0.25) is 0 Å². The van der Waals surface area contributed by atoms with E-state index in [1.807, 2.05) is 19.2 Å². The molecule has 1 saturated carbocycles. The summed E-state index contributed by atoms with van der Waals surface area (Å²) in [5.41, 5.74) is 1.71. The SMILES string of the molecule is CNC1(Cc2cccc(C(=O)O)c2)CC1.Cl. The summed E-state index contributed by atoms with van der Waals surface area (Å²) >= 11 is 0. The first kappa shape index (κ1) is 13.0. The van der Waals surface area contributed by atoms with Crippen LogP contribution in [0.2, 0.25) is 0 Å². The molecule has 1 aromatic rings. The number of carboxylic acid groups (broad SMARTS) is 1. The summed E-state index contributed by atoms with van der Waals surface area (Å²) in [6.45, 7) is 0. The van der Waals surface area contributed by atoms with E-state index in [9.17, 15) is 4.79 Å². The molecule has 0 unspecified atom stereocenters. The molecule has 0 spiro atoms. The standard InChI is InChI=1S/C12H15NO2.ClH/c1-13-12(5-6-12)8-9-3-2-4-10(7-9)11(14)15;/h2-4,7,13H,5-6,8H2,1H3,(H,14,15);1H. The van der Waals surface area contributed by atoms with Crippen LogP contribution in [0.15, 0.2) is 24.3 Å². The van der Waals surface area contributed by atoms with Crippen molar-refractivity contribution in [3.05, 3.63) is 35.4 Å². The minimum Gasteiger partial charge on any atom is -0.478 e. The number of rotatable bonds is 4. The van der Waals surface area contributed by atoms with Gasteiger partial charge in [-0.2, -0.15) is 0 Å². The fourth-order valence-corrected chi connectivity index (χ4v) is 1.87. The zero-order chi connectivity index (χ0) is 10.9. The van der Waals surface area contributed by atoms with Gasteiger partial charge in [-0.15, -0.1) is 12.4 Å². The van der Waals surface area contributed by atoms with Crippen molar-refractivity contribution in [3.8, 4) is 0 Å². The third-order valence-corrected chi connectivity index (χ3v) is 3.10. The summed E-state index contributed by atoms with van der Waals surface area (Å²) in [6, 6.07) is 7.19. The number of likely N-dealkylation sites (N-methyl/N-ethyl adjacent to an activating group) is 1. The highest BCUT2D eigenvalue weighted by molar-refractivity contribution is 5.87. The van der Waals surface area contributed by atoms with Crippen LogP contribution in [-0.2, 0) is 6.42 Å². The van der Waals surface area contributed by atoms with Crippen molar-refractivity contribution < 1.29 is 9.90 Å². The van der Waals surface area contributed by atoms with Crippen LogP contribution in [0.3, 0.4) is 0 Å². The van der Waals surface area contributed by atoms with Gasteiger partial charge < -0.3 is 10.4 Å². The van der Waals surface area contributed by atoms with Crippen LogP contribution in [0, 0.1) is 0 Å². The van der Waals surface area contributed by atoms with E-state index in [0.717, 1.165) is 12.0 Å². The van der Waals surface area contributed by atoms with Crippen molar-refractivity contribution in [3.63, 3.8) is 0 Å². The highest BCUT2D eigenvalue weighted by Crippen LogP contribution is 2.38. The molecule has 1 aromatic carbocycles. The number of hydrogen-bond donors (Lipinski definition) is 2. The molecule has 0 aromatic heterocycles. The van der Waals surface area contributed by atoms with Crippen LogP contribution in [-0.4, -0.2) is 23.7 Å². The predicted octanol–water partition coefficient (Wildman–Crippen LogP) is 2.10. The Labute approximate surface area is 101 Å². The molecule has 1 aliphatic carbocycles. The van der Waals surface area contributed by atoms with Crippen LogP contribution in [0.4, 0.5) is 0 Å². The van der Waals surface area contributed by atoms with Gasteiger partial charge in [0.15, 0.2) is 0 Å². The molecule has 0 atom stereocenters. The summed E-state index contributed by atoms with van der Waals surface area (Å²) in [7, 11) is 1.97. The lowest BCUT2D eigenvalue weighted by Crippen LogP contribution is -2.29. The third kappa shape index (κ3) is 2.74. The molecule has 88 valence electrons. The molecule has 0 radical (unpaired) electrons. The Morgan fingerprint density at radius 3 is 2.69 bits per heavy atom. The Balaban J connectivity index is 0.00000128. The van der Waals surface area contributed by atoms with E-state index < -0.39 is 5.97 Å². The van der Waals surface area contributed by atoms with Gasteiger partial charge in [0.05, 0.1) is 5.56 Å². The van der Waals surface area contributed by atoms with Crippen molar-refractivity contribution in [2.75, 3.05) is 7.05 Å². The summed E-state index contributed by atoms with van der Waals surface area (Å²) in [5.74, 6) is -0.855. The molecular weight excluding hydrogens is 226 g/mol. The Kier molecular flexibility index (Phi) is 3.94. The second kappa shape index (κ2) is 4.85. The monoisotopic (exact) mass is 241 g/mol. The van der Waals surface area contributed by atoms with Gasteiger partial charge in [-0.05, 0) is 44.0 Å². The van der Waals surface area contributed by atoms with Gasteiger partial charge in [-0.1, -0.05) is 12.1 Å². The Bertz CT molecular complexity index is 388. The zero-order valence-corrected chi connectivity index (χ0v) is 10.0. The lowest BCUT2D eigenvalue weighted by molar-refractivity contribution is 0.0696. The van der Waals surface area contributed by atoms with E-state index in [-0.39, 0.29) is 17.9 Å². The van der Waals surface area contributed by atoms with E-state index >= 15 is 0 Å². The lowest BCUT2D eigenvalue weighted by atomic mass is 10.0. The molecule has 4 heteroatoms. The first-order valence-electron chi connectivity index (χ1n) is 5.16. The molecule has 2 rings (SSSR count). The lowest BCUT2D eigenvalue weighted by Gasteiger charge is -2.13. The van der Waals surface area contributed by atoms with Gasteiger partial charge in [-0.25, -0.2) is 4.79 Å². The van der Waals surface area contributed by atoms with Crippen LogP contribution in [0.5, 0.6) is 0 Å². The minimum atomic E-state index is -0.855. The predicted molar refractivity (Wildman–Crippen MR) is 65.4 cm³/mol. The van der Waals surface area contributed by atoms with E-state index in [4.69, 9.17) is 5.11 Å². The van der Waals surface area contributed by atoms with Crippen molar-refractivity contribution in [2.45, 2.75) is 24.8 Å². The van der Waals surface area contributed by atoms with Crippen molar-refractivity contribution in [1.82, 2.24) is 5.32 Å². The van der Waals surface area contributed by atoms with E-state index in [1.54, 1.807) is 12.1 Å². The van der Waals surface area contributed by atoms with Crippen molar-refractivity contribution in [2.24, 2.45) is 0 Å². The summed E-state index contributed by atoms with van der Waals surface area (Å²) in [4.78, 5) is 10.8. The maximum atomic E-state index is 10.8. The summed E-state index contributed by atoms with van der Waals surface area (Å²) in [5, 5.41) is 12.2. The van der Waals surface area contributed by atoms with Crippen LogP contribution >= 0.6 is 12.4 Å². The van der Waals surface area contributed by atoms with Crippen LogP contribution < -0.4 is 5.32 Å². The normalized spacial score (nSPS) is 16.3. The first-order chi connectivity index (χ1) is 7.15. The number of hydrogen-bond acceptors (Lipinski definition) is 2. The van der Waals surface area contributed by atoms with E-state index in [0.29, 0.717) is 5.56 Å². The van der Waals surface area contributed by atoms with Crippen LogP contribution in [0.25, 0.3) is 0 Å². The molecule has 0 amide bonds. The molecule has 1 fully saturated rings. The highest BCUT2D eigenvalue weighted by atomic mass is 35.5. The summed E-state index contributed by atoms with van der Waals surface area (Å²) in [6.07, 6.45) is 3.28. The second-order valence-electron chi connectivity index (χ2n) is 4.21. The molecule has 16 heavy (non-hydrogen) atoms.